The number of rotatable bonds is 5. The van der Waals surface area contributed by atoms with Crippen LogP contribution in [0.5, 0.6) is 0 Å². The summed E-state index contributed by atoms with van der Waals surface area (Å²) in [6.45, 7) is 4.40. The number of fused-ring (bicyclic) bond motifs is 6. The summed E-state index contributed by atoms with van der Waals surface area (Å²) in [6, 6.07) is 76.9. The van der Waals surface area contributed by atoms with Gasteiger partial charge in [0.25, 0.3) is 0 Å². The van der Waals surface area contributed by atoms with E-state index in [-0.39, 0.29) is 0 Å². The van der Waals surface area contributed by atoms with E-state index in [1.54, 1.807) is 0 Å². The summed E-state index contributed by atoms with van der Waals surface area (Å²) in [7, 11) is 0. The Bertz CT molecular complexity index is 3400. The van der Waals surface area contributed by atoms with Gasteiger partial charge < -0.3 is 0 Å². The first-order valence-corrected chi connectivity index (χ1v) is 20.2. The summed E-state index contributed by atoms with van der Waals surface area (Å²) in [5.41, 5.74) is 14.9. The third-order valence-electron chi connectivity index (χ3n) is 12.3. The van der Waals surface area contributed by atoms with Crippen molar-refractivity contribution in [3.8, 4) is 55.6 Å². The molecular formula is C58H40. The lowest BCUT2D eigenvalue weighted by molar-refractivity contribution is 1.34. The highest BCUT2D eigenvalue weighted by Crippen LogP contribution is 2.48. The van der Waals surface area contributed by atoms with Gasteiger partial charge in [0.1, 0.15) is 0 Å². The molecule has 272 valence electrons. The van der Waals surface area contributed by atoms with Crippen molar-refractivity contribution in [1.29, 1.82) is 0 Å². The molecule has 11 aromatic carbocycles. The highest BCUT2D eigenvalue weighted by atomic mass is 14.2. The molecule has 0 N–H and O–H groups in total. The Hall–Kier alpha value is -7.28. The van der Waals surface area contributed by atoms with E-state index in [4.69, 9.17) is 0 Å². The molecule has 0 radical (unpaired) electrons. The molecule has 0 aromatic heterocycles. The van der Waals surface area contributed by atoms with E-state index in [1.165, 1.54) is 121 Å². The van der Waals surface area contributed by atoms with Crippen LogP contribution in [-0.4, -0.2) is 0 Å². The average Bonchev–Trinajstić information content (AvgIpc) is 3.28. The normalized spacial score (nSPS) is 11.6. The smallest absolute Gasteiger partial charge is 0.00199 e. The van der Waals surface area contributed by atoms with Crippen molar-refractivity contribution in [2.45, 2.75) is 13.8 Å². The van der Waals surface area contributed by atoms with Crippen LogP contribution in [0.3, 0.4) is 0 Å². The van der Waals surface area contributed by atoms with Crippen LogP contribution >= 0.6 is 0 Å². The van der Waals surface area contributed by atoms with Gasteiger partial charge in [-0.25, -0.2) is 0 Å². The van der Waals surface area contributed by atoms with Crippen molar-refractivity contribution in [3.63, 3.8) is 0 Å². The predicted molar refractivity (Wildman–Crippen MR) is 251 cm³/mol. The zero-order valence-corrected chi connectivity index (χ0v) is 32.6. The van der Waals surface area contributed by atoms with Crippen LogP contribution in [0.1, 0.15) is 11.1 Å². The van der Waals surface area contributed by atoms with Crippen LogP contribution < -0.4 is 0 Å². The molecule has 0 aliphatic carbocycles. The van der Waals surface area contributed by atoms with Crippen molar-refractivity contribution < 1.29 is 0 Å². The summed E-state index contributed by atoms with van der Waals surface area (Å²) in [4.78, 5) is 0. The standard InChI is InChI=1S/C58H40/c1-37-20-21-46(30-38(37)2)47-26-28-51-52-29-27-48(54-34-45-19-11-10-18-44(45)33-53(54)41-14-4-3-5-15-41)36-56(52)58(50-25-23-40-13-7-9-17-43(40)32-50)57(55(51)35-47)49-24-22-39-12-6-8-16-42(39)31-49/h3-36H,1-2H3. The van der Waals surface area contributed by atoms with Gasteiger partial charge in [-0.2, -0.15) is 0 Å². The molecule has 0 heterocycles. The van der Waals surface area contributed by atoms with E-state index in [0.717, 1.165) is 0 Å². The van der Waals surface area contributed by atoms with Gasteiger partial charge in [0.2, 0.25) is 0 Å². The Balaban J connectivity index is 1.28. The quantitative estimate of drug-likeness (QED) is 0.154. The SMILES string of the molecule is Cc1ccc(-c2ccc3c(c2)c(-c2ccc4ccccc4c2)c(-c2ccc4ccccc4c2)c2cc(-c4cc5ccccc5cc4-c4ccccc4)ccc23)cc1C. The largest absolute Gasteiger partial charge is 0.0622 e. The van der Waals surface area contributed by atoms with Gasteiger partial charge >= 0.3 is 0 Å². The van der Waals surface area contributed by atoms with E-state index in [1.807, 2.05) is 0 Å². The van der Waals surface area contributed by atoms with E-state index in [2.05, 4.69) is 220 Å². The lowest BCUT2D eigenvalue weighted by Crippen LogP contribution is -1.94. The molecule has 0 spiro atoms. The fourth-order valence-corrected chi connectivity index (χ4v) is 9.13. The summed E-state index contributed by atoms with van der Waals surface area (Å²) in [5, 5.41) is 12.4. The van der Waals surface area contributed by atoms with Crippen LogP contribution in [0.15, 0.2) is 206 Å². The van der Waals surface area contributed by atoms with Crippen molar-refractivity contribution in [2.75, 3.05) is 0 Å². The monoisotopic (exact) mass is 736 g/mol. The Kier molecular flexibility index (Phi) is 8.05. The molecule has 0 aliphatic heterocycles. The predicted octanol–water partition coefficient (Wildman–Crippen LogP) is 16.4. The summed E-state index contributed by atoms with van der Waals surface area (Å²) in [5.74, 6) is 0. The first-order valence-electron chi connectivity index (χ1n) is 20.2. The number of hydrogen-bond acceptors (Lipinski definition) is 0. The second kappa shape index (κ2) is 13.7. The van der Waals surface area contributed by atoms with Gasteiger partial charge in [0.05, 0.1) is 0 Å². The maximum Gasteiger partial charge on any atom is -0.00199 e. The molecule has 0 nitrogen and oxygen atoms in total. The number of hydrogen-bond donors (Lipinski definition) is 0. The minimum Gasteiger partial charge on any atom is -0.0622 e. The lowest BCUT2D eigenvalue weighted by atomic mass is 9.82. The minimum atomic E-state index is 1.20. The zero-order valence-electron chi connectivity index (χ0n) is 32.6. The minimum absolute atomic E-state index is 1.20. The topological polar surface area (TPSA) is 0 Å². The molecule has 0 heteroatoms. The average molecular weight is 737 g/mol. The van der Waals surface area contributed by atoms with Gasteiger partial charge in [-0.15, -0.1) is 0 Å². The summed E-state index contributed by atoms with van der Waals surface area (Å²) in [6.07, 6.45) is 0. The van der Waals surface area contributed by atoms with Gasteiger partial charge in [-0.1, -0.05) is 170 Å². The maximum atomic E-state index is 2.47. The van der Waals surface area contributed by atoms with Gasteiger partial charge in [0, 0.05) is 0 Å². The fourth-order valence-electron chi connectivity index (χ4n) is 9.13. The Morgan fingerprint density at radius 1 is 0.224 bits per heavy atom. The van der Waals surface area contributed by atoms with E-state index < -0.39 is 0 Å². The molecule has 0 amide bonds. The Labute approximate surface area is 339 Å². The fraction of sp³-hybridized carbons (Fsp3) is 0.0345. The second-order valence-electron chi connectivity index (χ2n) is 15.8. The third-order valence-corrected chi connectivity index (χ3v) is 12.3. The number of aryl methyl sites for hydroxylation is 2. The van der Waals surface area contributed by atoms with Crippen molar-refractivity contribution in [3.05, 3.63) is 217 Å². The third kappa shape index (κ3) is 5.77. The second-order valence-corrected chi connectivity index (χ2v) is 15.8. The van der Waals surface area contributed by atoms with Gasteiger partial charge in [-0.3, -0.25) is 0 Å². The van der Waals surface area contributed by atoms with Gasteiger partial charge in [-0.05, 0) is 171 Å². The molecule has 0 bridgehead atoms. The molecule has 0 atom stereocenters. The van der Waals surface area contributed by atoms with Crippen molar-refractivity contribution in [2.24, 2.45) is 0 Å². The highest BCUT2D eigenvalue weighted by Gasteiger charge is 2.21. The molecule has 0 saturated heterocycles. The molecule has 0 aliphatic rings. The van der Waals surface area contributed by atoms with E-state index >= 15 is 0 Å². The van der Waals surface area contributed by atoms with Crippen LogP contribution in [0, 0.1) is 13.8 Å². The summed E-state index contributed by atoms with van der Waals surface area (Å²) < 4.78 is 0. The molecule has 58 heavy (non-hydrogen) atoms. The zero-order chi connectivity index (χ0) is 38.7. The van der Waals surface area contributed by atoms with Crippen LogP contribution in [0.25, 0.3) is 109 Å². The molecule has 11 aromatic rings. The molecular weight excluding hydrogens is 697 g/mol. The van der Waals surface area contributed by atoms with Crippen LogP contribution in [0.4, 0.5) is 0 Å². The van der Waals surface area contributed by atoms with Gasteiger partial charge in [0.15, 0.2) is 0 Å². The number of benzene rings is 11. The Morgan fingerprint density at radius 2 is 0.638 bits per heavy atom. The summed E-state index contributed by atoms with van der Waals surface area (Å²) >= 11 is 0. The van der Waals surface area contributed by atoms with Crippen molar-refractivity contribution >= 4 is 53.9 Å². The molecule has 0 saturated carbocycles. The van der Waals surface area contributed by atoms with E-state index in [0.29, 0.717) is 0 Å². The first-order chi connectivity index (χ1) is 28.6. The molecule has 0 fully saturated rings. The van der Waals surface area contributed by atoms with Crippen LogP contribution in [-0.2, 0) is 0 Å². The lowest BCUT2D eigenvalue weighted by Gasteiger charge is -2.21. The highest BCUT2D eigenvalue weighted by molar-refractivity contribution is 6.23. The molecule has 11 rings (SSSR count). The van der Waals surface area contributed by atoms with Crippen molar-refractivity contribution in [1.82, 2.24) is 0 Å². The first kappa shape index (κ1) is 34.0. The Morgan fingerprint density at radius 3 is 1.19 bits per heavy atom. The maximum absolute atomic E-state index is 2.47. The van der Waals surface area contributed by atoms with E-state index in [9.17, 15) is 0 Å². The molecule has 0 unspecified atom stereocenters. The van der Waals surface area contributed by atoms with Crippen LogP contribution in [0.2, 0.25) is 0 Å².